The molecule has 5 aromatic heterocycles. The van der Waals surface area contributed by atoms with Gasteiger partial charge >= 0.3 is 0 Å². The molecule has 0 unspecified atom stereocenters. The molecule has 6 heterocycles. The van der Waals surface area contributed by atoms with Crippen molar-refractivity contribution < 1.29 is 13.2 Å². The van der Waals surface area contributed by atoms with Gasteiger partial charge in [0.1, 0.15) is 0 Å². The normalized spacial score (nSPS) is 15.7. The maximum Gasteiger partial charge on any atom is 0.261 e. The number of alkyl halides is 2. The largest absolute Gasteiger partial charge is 0.353 e. The van der Waals surface area contributed by atoms with Gasteiger partial charge in [0, 0.05) is 76.0 Å². The summed E-state index contributed by atoms with van der Waals surface area (Å²) in [5.74, 6) is -2.62. The second-order valence-electron chi connectivity index (χ2n) is 9.65. The highest BCUT2D eigenvalue weighted by Gasteiger charge is 2.37. The van der Waals surface area contributed by atoms with Gasteiger partial charge in [-0.3, -0.25) is 15.0 Å². The van der Waals surface area contributed by atoms with E-state index in [1.807, 2.05) is 36.4 Å². The number of nitrogens with one attached hydrogen (secondary N) is 2. The fourth-order valence-electron chi connectivity index (χ4n) is 5.16. The number of fused-ring (bicyclic) bond motifs is 2. The Balaban J connectivity index is 1.24. The van der Waals surface area contributed by atoms with Crippen molar-refractivity contribution in [3.63, 3.8) is 0 Å². The maximum atomic E-state index is 13.7. The van der Waals surface area contributed by atoms with Gasteiger partial charge in [0.25, 0.3) is 5.92 Å². The molecule has 1 aromatic carbocycles. The summed E-state index contributed by atoms with van der Waals surface area (Å²) in [4.78, 5) is 15.0. The molecule has 10 heteroatoms. The van der Waals surface area contributed by atoms with Gasteiger partial charge in [-0.25, -0.2) is 13.8 Å². The second-order valence-corrected chi connectivity index (χ2v) is 10.7. The Morgan fingerprint density at radius 1 is 1.00 bits per heavy atom. The number of rotatable bonds is 5. The van der Waals surface area contributed by atoms with Crippen LogP contribution in [0.2, 0.25) is 0 Å². The smallest absolute Gasteiger partial charge is 0.261 e. The number of thiophene rings is 1. The molecule has 0 atom stereocenters. The molecule has 1 aliphatic rings. The van der Waals surface area contributed by atoms with Gasteiger partial charge in [0.05, 0.1) is 17.9 Å². The van der Waals surface area contributed by atoms with Crippen molar-refractivity contribution in [1.82, 2.24) is 30.0 Å². The number of aromatic nitrogens is 5. The van der Waals surface area contributed by atoms with Gasteiger partial charge < -0.3 is 4.98 Å². The van der Waals surface area contributed by atoms with Crippen molar-refractivity contribution in [3.05, 3.63) is 77.8 Å². The Hall–Kier alpha value is -4.02. The van der Waals surface area contributed by atoms with Gasteiger partial charge in [0.15, 0.2) is 10.8 Å². The highest BCUT2D eigenvalue weighted by Crippen LogP contribution is 2.37. The van der Waals surface area contributed by atoms with E-state index in [1.54, 1.807) is 29.6 Å². The van der Waals surface area contributed by atoms with Crippen LogP contribution in [-0.2, 0) is 6.54 Å². The summed E-state index contributed by atoms with van der Waals surface area (Å²) in [6.07, 6.45) is 5.10. The molecule has 1 aliphatic heterocycles. The molecule has 190 valence electrons. The van der Waals surface area contributed by atoms with E-state index >= 15 is 0 Å². The van der Waals surface area contributed by atoms with Crippen molar-refractivity contribution in [2.45, 2.75) is 18.9 Å². The van der Waals surface area contributed by atoms with Crippen LogP contribution in [0.15, 0.2) is 67.1 Å². The molecule has 1 fully saturated rings. The van der Waals surface area contributed by atoms with Crippen LogP contribution in [0, 0.1) is 5.13 Å². The van der Waals surface area contributed by atoms with Gasteiger partial charge in [-0.15, -0.1) is 11.3 Å². The summed E-state index contributed by atoms with van der Waals surface area (Å²) in [5, 5.41) is 9.10. The third kappa shape index (κ3) is 4.15. The molecule has 0 radical (unpaired) electrons. The van der Waals surface area contributed by atoms with Crippen molar-refractivity contribution in [2.24, 2.45) is 0 Å². The zero-order valence-electron chi connectivity index (χ0n) is 20.0. The molecule has 0 spiro atoms. The predicted octanol–water partition coefficient (Wildman–Crippen LogP) is 6.88. The number of nitrogens with zero attached hydrogens (tertiary/aromatic N) is 4. The Kier molecular flexibility index (Phi) is 5.34. The van der Waals surface area contributed by atoms with Crippen LogP contribution in [0.25, 0.3) is 54.9 Å². The fraction of sp³-hybridized carbons (Fsp3) is 0.179. The van der Waals surface area contributed by atoms with E-state index in [-0.39, 0.29) is 18.1 Å². The monoisotopic (exact) mass is 530 g/mol. The first-order valence-corrected chi connectivity index (χ1v) is 13.0. The molecular formula is C28H21F3N6S. The number of aromatic amines is 2. The number of hydrogen-bond donors (Lipinski definition) is 2. The van der Waals surface area contributed by atoms with E-state index in [4.69, 9.17) is 0 Å². The number of halogens is 3. The van der Waals surface area contributed by atoms with Crippen LogP contribution in [0.1, 0.15) is 12.0 Å². The van der Waals surface area contributed by atoms with E-state index in [0.717, 1.165) is 66.1 Å². The van der Waals surface area contributed by atoms with Crippen molar-refractivity contribution in [2.75, 3.05) is 13.1 Å². The summed E-state index contributed by atoms with van der Waals surface area (Å²) in [6.45, 7) is 0.572. The Morgan fingerprint density at radius 3 is 2.71 bits per heavy atom. The third-order valence-corrected chi connectivity index (χ3v) is 7.87. The first kappa shape index (κ1) is 23.1. The minimum absolute atomic E-state index is 0.108. The van der Waals surface area contributed by atoms with Gasteiger partial charge in [-0.1, -0.05) is 12.1 Å². The molecule has 7 rings (SSSR count). The van der Waals surface area contributed by atoms with E-state index in [9.17, 15) is 13.2 Å². The number of hydrogen-bond acceptors (Lipinski definition) is 5. The Labute approximate surface area is 219 Å². The number of benzene rings is 1. The van der Waals surface area contributed by atoms with Gasteiger partial charge in [0.2, 0.25) is 0 Å². The Bertz CT molecular complexity index is 1800. The van der Waals surface area contributed by atoms with Crippen molar-refractivity contribution in [3.8, 4) is 33.0 Å². The lowest BCUT2D eigenvalue weighted by atomic mass is 10.1. The molecule has 6 aromatic rings. The lowest BCUT2D eigenvalue weighted by Gasteiger charge is -2.15. The number of likely N-dealkylation sites (tertiary alicyclic amines) is 1. The summed E-state index contributed by atoms with van der Waals surface area (Å²) in [5.41, 5.74) is 6.68. The number of H-pyrrole nitrogens is 2. The predicted molar refractivity (Wildman–Crippen MR) is 143 cm³/mol. The molecule has 0 saturated carbocycles. The van der Waals surface area contributed by atoms with Crippen LogP contribution in [-0.4, -0.2) is 49.1 Å². The van der Waals surface area contributed by atoms with Crippen LogP contribution < -0.4 is 0 Å². The summed E-state index contributed by atoms with van der Waals surface area (Å²) >= 11 is 1.12. The Morgan fingerprint density at radius 2 is 1.89 bits per heavy atom. The second kappa shape index (κ2) is 8.78. The number of pyridine rings is 2. The minimum Gasteiger partial charge on any atom is -0.353 e. The quantitative estimate of drug-likeness (QED) is 0.255. The average molecular weight is 531 g/mol. The van der Waals surface area contributed by atoms with E-state index in [0.29, 0.717) is 18.7 Å². The first-order chi connectivity index (χ1) is 18.4. The fourth-order valence-corrected chi connectivity index (χ4v) is 5.93. The zero-order chi connectivity index (χ0) is 25.9. The summed E-state index contributed by atoms with van der Waals surface area (Å²) < 4.78 is 41.0. The standard InChI is InChI=1S/C28H21F3N6S/c29-25-5-4-24(38-25)19-2-1-3-22-20(19)10-23(34-22)26-21-9-18(13-33-27(21)36-35-26)17-8-16(11-32-12-17)14-37-7-6-28(30,31)15-37/h1-5,8-13,34H,6-7,14-15H2,(H,33,35,36). The molecule has 38 heavy (non-hydrogen) atoms. The molecule has 2 N–H and O–H groups in total. The lowest BCUT2D eigenvalue weighted by molar-refractivity contribution is 0.0115. The van der Waals surface area contributed by atoms with Crippen molar-refractivity contribution >= 4 is 33.3 Å². The topological polar surface area (TPSA) is 73.5 Å². The molecule has 6 nitrogen and oxygen atoms in total. The maximum absolute atomic E-state index is 13.7. The van der Waals surface area contributed by atoms with Gasteiger partial charge in [-0.2, -0.15) is 9.49 Å². The first-order valence-electron chi connectivity index (χ1n) is 12.2. The molecule has 0 aliphatic carbocycles. The molecule has 0 amide bonds. The zero-order valence-corrected chi connectivity index (χ0v) is 20.8. The van der Waals surface area contributed by atoms with E-state index in [2.05, 4.69) is 25.1 Å². The average Bonchev–Trinajstić information content (AvgIpc) is 3.69. The molecular weight excluding hydrogens is 509 g/mol. The third-order valence-electron chi connectivity index (χ3n) is 6.96. The molecule has 1 saturated heterocycles. The highest BCUT2D eigenvalue weighted by molar-refractivity contribution is 7.14. The van der Waals surface area contributed by atoms with Crippen LogP contribution >= 0.6 is 11.3 Å². The summed E-state index contributed by atoms with van der Waals surface area (Å²) in [6, 6.07) is 15.2. The highest BCUT2D eigenvalue weighted by atomic mass is 32.1. The lowest BCUT2D eigenvalue weighted by Crippen LogP contribution is -2.24. The molecule has 0 bridgehead atoms. The van der Waals surface area contributed by atoms with Gasteiger partial charge in [-0.05, 0) is 42.0 Å². The summed E-state index contributed by atoms with van der Waals surface area (Å²) in [7, 11) is 0. The van der Waals surface area contributed by atoms with E-state index < -0.39 is 5.92 Å². The van der Waals surface area contributed by atoms with Crippen molar-refractivity contribution in [1.29, 1.82) is 0 Å². The van der Waals surface area contributed by atoms with E-state index in [1.165, 1.54) is 6.07 Å². The minimum atomic E-state index is -2.62. The van der Waals surface area contributed by atoms with Crippen LogP contribution in [0.3, 0.4) is 0 Å². The SMILES string of the molecule is Fc1ccc(-c2cccc3[nH]c(-c4[nH]nc5ncc(-c6cncc(CN7CCC(F)(F)C7)c6)cc45)cc23)s1. The van der Waals surface area contributed by atoms with Crippen LogP contribution in [0.5, 0.6) is 0 Å². The van der Waals surface area contributed by atoms with Crippen LogP contribution in [0.4, 0.5) is 13.2 Å².